The molecule has 0 saturated heterocycles. The van der Waals surface area contributed by atoms with Gasteiger partial charge in [0.15, 0.2) is 11.5 Å². The van der Waals surface area contributed by atoms with Crippen LogP contribution in [0.2, 0.25) is 0 Å². The second-order valence-electron chi connectivity index (χ2n) is 3.76. The number of methoxy groups -OCH3 is 1. The van der Waals surface area contributed by atoms with Gasteiger partial charge in [-0.25, -0.2) is 4.79 Å². The van der Waals surface area contributed by atoms with Crippen LogP contribution in [-0.2, 0) is 11.2 Å². The normalized spacial score (nSPS) is 15.7. The number of hydrogen-bond acceptors (Lipinski definition) is 4. The van der Waals surface area contributed by atoms with Crippen LogP contribution in [0.4, 0.5) is 10.5 Å². The van der Waals surface area contributed by atoms with E-state index in [-0.39, 0.29) is 6.79 Å². The predicted octanol–water partition coefficient (Wildman–Crippen LogP) is 2.06. The molecule has 0 fully saturated rings. The number of rotatable bonds is 0. The summed E-state index contributed by atoms with van der Waals surface area (Å²) in [5, 5.41) is 0. The van der Waals surface area contributed by atoms with E-state index < -0.39 is 6.09 Å². The van der Waals surface area contributed by atoms with Crippen molar-refractivity contribution in [2.45, 2.75) is 6.42 Å². The molecule has 17 heavy (non-hydrogen) atoms. The Bertz CT molecular complexity index is 509. The zero-order chi connectivity index (χ0) is 11.8. The minimum atomic E-state index is -0.416. The molecule has 88 valence electrons. The highest BCUT2D eigenvalue weighted by Gasteiger charge is 2.24. The quantitative estimate of drug-likeness (QED) is 0.688. The van der Waals surface area contributed by atoms with Crippen molar-refractivity contribution >= 4 is 11.8 Å². The van der Waals surface area contributed by atoms with Gasteiger partial charge in [-0.05, 0) is 18.1 Å². The topological polar surface area (TPSA) is 48.0 Å². The van der Waals surface area contributed by atoms with E-state index in [1.165, 1.54) is 12.0 Å². The zero-order valence-corrected chi connectivity index (χ0v) is 9.30. The Morgan fingerprint density at radius 3 is 2.88 bits per heavy atom. The van der Waals surface area contributed by atoms with E-state index in [1.807, 2.05) is 12.1 Å². The summed E-state index contributed by atoms with van der Waals surface area (Å²) in [6, 6.07) is 3.70. The fourth-order valence-electron chi connectivity index (χ4n) is 1.98. The molecule has 1 aromatic rings. The lowest BCUT2D eigenvalue weighted by molar-refractivity contribution is 0.174. The van der Waals surface area contributed by atoms with Gasteiger partial charge in [-0.2, -0.15) is 0 Å². The monoisotopic (exact) mass is 233 g/mol. The van der Waals surface area contributed by atoms with Crippen molar-refractivity contribution in [2.24, 2.45) is 0 Å². The number of anilines is 1. The van der Waals surface area contributed by atoms with Crippen LogP contribution < -0.4 is 14.4 Å². The van der Waals surface area contributed by atoms with Gasteiger partial charge in [0.2, 0.25) is 6.79 Å². The van der Waals surface area contributed by atoms with Crippen molar-refractivity contribution in [3.05, 3.63) is 30.0 Å². The summed E-state index contributed by atoms with van der Waals surface area (Å²) >= 11 is 0. The third-order valence-electron chi connectivity index (χ3n) is 2.80. The summed E-state index contributed by atoms with van der Waals surface area (Å²) in [4.78, 5) is 13.1. The Morgan fingerprint density at radius 1 is 1.35 bits per heavy atom. The van der Waals surface area contributed by atoms with Crippen LogP contribution in [0.15, 0.2) is 24.4 Å². The molecule has 2 aliphatic rings. The Kier molecular flexibility index (Phi) is 2.18. The summed E-state index contributed by atoms with van der Waals surface area (Å²) in [5.41, 5.74) is 1.80. The minimum Gasteiger partial charge on any atom is -0.454 e. The standard InChI is InChI=1S/C12H11NO4/c1-15-12(14)13-4-2-3-8-5-10-11(6-9(8)13)17-7-16-10/h2,4-6H,3,7H2,1H3. The maximum absolute atomic E-state index is 11.6. The molecule has 0 aromatic heterocycles. The molecule has 0 radical (unpaired) electrons. The van der Waals surface area contributed by atoms with E-state index in [9.17, 15) is 4.79 Å². The first-order valence-corrected chi connectivity index (χ1v) is 5.26. The molecule has 0 N–H and O–H groups in total. The SMILES string of the molecule is COC(=O)N1C=CCc2cc3c(cc21)OCO3. The number of carbonyl (C=O) groups is 1. The largest absolute Gasteiger partial charge is 0.454 e. The van der Waals surface area contributed by atoms with E-state index in [0.29, 0.717) is 5.75 Å². The van der Waals surface area contributed by atoms with Crippen LogP contribution >= 0.6 is 0 Å². The molecule has 2 heterocycles. The van der Waals surface area contributed by atoms with Gasteiger partial charge >= 0.3 is 6.09 Å². The van der Waals surface area contributed by atoms with Crippen molar-refractivity contribution in [3.8, 4) is 11.5 Å². The Hall–Kier alpha value is -2.17. The third-order valence-corrected chi connectivity index (χ3v) is 2.80. The fraction of sp³-hybridized carbons (Fsp3) is 0.250. The molecule has 1 aromatic carbocycles. The number of fused-ring (bicyclic) bond motifs is 2. The number of amides is 1. The summed E-state index contributed by atoms with van der Waals surface area (Å²) < 4.78 is 15.3. The number of ether oxygens (including phenoxy) is 3. The molecule has 0 unspecified atom stereocenters. The second kappa shape index (κ2) is 3.69. The fourth-order valence-corrected chi connectivity index (χ4v) is 1.98. The molecule has 5 nitrogen and oxygen atoms in total. The van der Waals surface area contributed by atoms with Crippen LogP contribution in [0, 0.1) is 0 Å². The molecular weight excluding hydrogens is 222 g/mol. The van der Waals surface area contributed by atoms with Crippen LogP contribution in [-0.4, -0.2) is 20.0 Å². The first-order chi connectivity index (χ1) is 8.29. The van der Waals surface area contributed by atoms with Gasteiger partial charge in [0.25, 0.3) is 0 Å². The van der Waals surface area contributed by atoms with Gasteiger partial charge in [-0.3, -0.25) is 4.90 Å². The Morgan fingerprint density at radius 2 is 2.12 bits per heavy atom. The van der Waals surface area contributed by atoms with Gasteiger partial charge in [-0.15, -0.1) is 0 Å². The predicted molar refractivity (Wildman–Crippen MR) is 60.3 cm³/mol. The van der Waals surface area contributed by atoms with Crippen molar-refractivity contribution in [2.75, 3.05) is 18.8 Å². The van der Waals surface area contributed by atoms with Crippen LogP contribution in [0.3, 0.4) is 0 Å². The Balaban J connectivity index is 2.07. The molecule has 0 aliphatic carbocycles. The minimum absolute atomic E-state index is 0.226. The van der Waals surface area contributed by atoms with Crippen molar-refractivity contribution in [1.29, 1.82) is 0 Å². The molecule has 3 rings (SSSR count). The highest BCUT2D eigenvalue weighted by molar-refractivity contribution is 5.92. The maximum Gasteiger partial charge on any atom is 0.418 e. The van der Waals surface area contributed by atoms with Gasteiger partial charge in [0, 0.05) is 12.3 Å². The first kappa shape index (κ1) is 10.0. The highest BCUT2D eigenvalue weighted by atomic mass is 16.7. The molecular formula is C12H11NO4. The zero-order valence-electron chi connectivity index (χ0n) is 9.30. The number of hydrogen-bond donors (Lipinski definition) is 0. The van der Waals surface area contributed by atoms with Crippen LogP contribution in [0.1, 0.15) is 5.56 Å². The smallest absolute Gasteiger partial charge is 0.418 e. The number of nitrogens with zero attached hydrogens (tertiary/aromatic N) is 1. The van der Waals surface area contributed by atoms with Crippen molar-refractivity contribution in [1.82, 2.24) is 0 Å². The van der Waals surface area contributed by atoms with E-state index >= 15 is 0 Å². The van der Waals surface area contributed by atoms with Gasteiger partial charge < -0.3 is 14.2 Å². The molecule has 0 atom stereocenters. The van der Waals surface area contributed by atoms with E-state index in [4.69, 9.17) is 14.2 Å². The van der Waals surface area contributed by atoms with Gasteiger partial charge in [0.1, 0.15) is 0 Å². The maximum atomic E-state index is 11.6. The lowest BCUT2D eigenvalue weighted by Gasteiger charge is -2.23. The molecule has 0 spiro atoms. The molecule has 5 heteroatoms. The van der Waals surface area contributed by atoms with Crippen LogP contribution in [0.5, 0.6) is 11.5 Å². The number of allylic oxidation sites excluding steroid dienone is 1. The summed E-state index contributed by atoms with van der Waals surface area (Å²) in [7, 11) is 1.36. The highest BCUT2D eigenvalue weighted by Crippen LogP contribution is 2.40. The summed E-state index contributed by atoms with van der Waals surface area (Å²) in [6.45, 7) is 0.226. The van der Waals surface area contributed by atoms with E-state index in [2.05, 4.69) is 0 Å². The summed E-state index contributed by atoms with van der Waals surface area (Å²) in [5.74, 6) is 1.39. The van der Waals surface area contributed by atoms with Gasteiger partial charge in [0.05, 0.1) is 12.8 Å². The van der Waals surface area contributed by atoms with E-state index in [1.54, 1.807) is 12.3 Å². The first-order valence-electron chi connectivity index (χ1n) is 5.26. The van der Waals surface area contributed by atoms with Crippen LogP contribution in [0.25, 0.3) is 0 Å². The number of benzene rings is 1. The van der Waals surface area contributed by atoms with Crippen molar-refractivity contribution in [3.63, 3.8) is 0 Å². The molecule has 0 bridgehead atoms. The second-order valence-corrected chi connectivity index (χ2v) is 3.76. The van der Waals surface area contributed by atoms with Gasteiger partial charge in [-0.1, -0.05) is 6.08 Å². The molecule has 2 aliphatic heterocycles. The van der Waals surface area contributed by atoms with Crippen molar-refractivity contribution < 1.29 is 19.0 Å². The third kappa shape index (κ3) is 1.51. The average Bonchev–Trinajstić information content (AvgIpc) is 2.81. The lowest BCUT2D eigenvalue weighted by Crippen LogP contribution is -2.27. The number of carbonyl (C=O) groups excluding carboxylic acids is 1. The van der Waals surface area contributed by atoms with E-state index in [0.717, 1.165) is 23.4 Å². The lowest BCUT2D eigenvalue weighted by atomic mass is 10.1. The Labute approximate surface area is 98.2 Å². The summed E-state index contributed by atoms with van der Waals surface area (Å²) in [6.07, 6.45) is 3.96. The molecule has 1 amide bonds. The average molecular weight is 233 g/mol. The molecule has 0 saturated carbocycles.